The summed E-state index contributed by atoms with van der Waals surface area (Å²) in [6.45, 7) is 1.98. The Morgan fingerprint density at radius 3 is 2.89 bits per heavy atom. The van der Waals surface area contributed by atoms with E-state index in [0.717, 1.165) is 38.8 Å². The Kier molecular flexibility index (Phi) is 5.37. The molecule has 0 aromatic heterocycles. The van der Waals surface area contributed by atoms with Crippen LogP contribution in [-0.4, -0.2) is 32.0 Å². The lowest BCUT2D eigenvalue weighted by Crippen LogP contribution is -2.44. The number of aliphatic hydroxyl groups excluding tert-OH is 1. The van der Waals surface area contributed by atoms with Gasteiger partial charge in [0.05, 0.1) is 12.1 Å². The fraction of sp³-hybridized carbons (Fsp3) is 0.625. The smallest absolute Gasteiger partial charge is 0.0674 e. The second-order valence-corrected chi connectivity index (χ2v) is 5.38. The van der Waals surface area contributed by atoms with E-state index in [-0.39, 0.29) is 12.1 Å². The first kappa shape index (κ1) is 14.5. The van der Waals surface area contributed by atoms with Gasteiger partial charge in [0.25, 0.3) is 0 Å². The van der Waals surface area contributed by atoms with Crippen molar-refractivity contribution in [1.29, 1.82) is 0 Å². The zero-order chi connectivity index (χ0) is 13.6. The summed E-state index contributed by atoms with van der Waals surface area (Å²) in [6, 6.07) is 8.47. The van der Waals surface area contributed by atoms with Gasteiger partial charge in [0, 0.05) is 13.7 Å². The van der Waals surface area contributed by atoms with Crippen LogP contribution >= 0.6 is 0 Å². The molecule has 0 bridgehead atoms. The Hall–Kier alpha value is -0.900. The van der Waals surface area contributed by atoms with Crippen LogP contribution < -0.4 is 5.32 Å². The quantitative estimate of drug-likeness (QED) is 0.707. The summed E-state index contributed by atoms with van der Waals surface area (Å²) in [6.07, 6.45) is 5.48. The van der Waals surface area contributed by atoms with Gasteiger partial charge in [0.2, 0.25) is 0 Å². The highest BCUT2D eigenvalue weighted by molar-refractivity contribution is 5.38. The fourth-order valence-electron chi connectivity index (χ4n) is 2.97. The Morgan fingerprint density at radius 1 is 1.26 bits per heavy atom. The van der Waals surface area contributed by atoms with E-state index in [1.807, 2.05) is 0 Å². The van der Waals surface area contributed by atoms with Crippen molar-refractivity contribution in [1.82, 2.24) is 5.32 Å². The van der Waals surface area contributed by atoms with Crippen LogP contribution in [0.3, 0.4) is 0 Å². The molecule has 1 aliphatic carbocycles. The molecule has 0 radical (unpaired) electrons. The predicted molar refractivity (Wildman–Crippen MR) is 77.3 cm³/mol. The number of hydrogen-bond acceptors (Lipinski definition) is 3. The van der Waals surface area contributed by atoms with Gasteiger partial charge >= 0.3 is 0 Å². The van der Waals surface area contributed by atoms with Gasteiger partial charge in [-0.2, -0.15) is 0 Å². The van der Waals surface area contributed by atoms with Crippen molar-refractivity contribution in [2.24, 2.45) is 0 Å². The van der Waals surface area contributed by atoms with Crippen LogP contribution in [0.15, 0.2) is 24.3 Å². The first-order chi connectivity index (χ1) is 9.32. The molecule has 1 aromatic rings. The van der Waals surface area contributed by atoms with E-state index in [0.29, 0.717) is 0 Å². The molecule has 0 heterocycles. The topological polar surface area (TPSA) is 41.5 Å². The van der Waals surface area contributed by atoms with Crippen molar-refractivity contribution in [2.75, 3.05) is 26.9 Å². The Bertz CT molecular complexity index is 394. The number of aryl methyl sites for hydroxylation is 1. The minimum Gasteiger partial charge on any atom is -0.394 e. The summed E-state index contributed by atoms with van der Waals surface area (Å²) >= 11 is 0. The van der Waals surface area contributed by atoms with Crippen molar-refractivity contribution >= 4 is 0 Å². The van der Waals surface area contributed by atoms with Crippen molar-refractivity contribution in [3.05, 3.63) is 35.4 Å². The number of fused-ring (bicyclic) bond motifs is 1. The second-order valence-electron chi connectivity index (χ2n) is 5.38. The summed E-state index contributed by atoms with van der Waals surface area (Å²) in [4.78, 5) is 0. The lowest BCUT2D eigenvalue weighted by atomic mass is 9.92. The number of benzene rings is 1. The zero-order valence-electron chi connectivity index (χ0n) is 11.8. The monoisotopic (exact) mass is 263 g/mol. The Balaban J connectivity index is 1.87. The molecular weight excluding hydrogens is 238 g/mol. The van der Waals surface area contributed by atoms with Gasteiger partial charge in [0.15, 0.2) is 0 Å². The largest absolute Gasteiger partial charge is 0.394 e. The highest BCUT2D eigenvalue weighted by atomic mass is 16.5. The van der Waals surface area contributed by atoms with Gasteiger partial charge in [0.1, 0.15) is 0 Å². The van der Waals surface area contributed by atoms with Crippen molar-refractivity contribution in [3.8, 4) is 0 Å². The summed E-state index contributed by atoms with van der Waals surface area (Å²) in [5, 5.41) is 13.4. The van der Waals surface area contributed by atoms with Crippen molar-refractivity contribution < 1.29 is 9.84 Å². The highest BCUT2D eigenvalue weighted by Gasteiger charge is 2.37. The van der Waals surface area contributed by atoms with E-state index < -0.39 is 0 Å². The minimum atomic E-state index is -0.210. The SMILES string of the molecule is COCCCCCNC1(CO)CCc2ccccc21. The van der Waals surface area contributed by atoms with Crippen LogP contribution in [0.5, 0.6) is 0 Å². The van der Waals surface area contributed by atoms with Crippen LogP contribution in [0.4, 0.5) is 0 Å². The number of methoxy groups -OCH3 is 1. The molecular formula is C16H25NO2. The molecule has 2 rings (SSSR count). The fourth-order valence-corrected chi connectivity index (χ4v) is 2.97. The third kappa shape index (κ3) is 3.35. The second kappa shape index (κ2) is 7.04. The van der Waals surface area contributed by atoms with Gasteiger partial charge in [-0.3, -0.25) is 0 Å². The first-order valence-electron chi connectivity index (χ1n) is 7.25. The molecule has 1 aromatic carbocycles. The minimum absolute atomic E-state index is 0.183. The molecule has 1 aliphatic rings. The lowest BCUT2D eigenvalue weighted by Gasteiger charge is -2.30. The van der Waals surface area contributed by atoms with Gasteiger partial charge in [-0.1, -0.05) is 24.3 Å². The number of nitrogens with one attached hydrogen (secondary N) is 1. The molecule has 0 saturated heterocycles. The zero-order valence-corrected chi connectivity index (χ0v) is 11.8. The number of hydrogen-bond donors (Lipinski definition) is 2. The summed E-state index contributed by atoms with van der Waals surface area (Å²) < 4.78 is 5.05. The molecule has 0 fully saturated rings. The number of unbranched alkanes of at least 4 members (excludes halogenated alkanes) is 2. The van der Waals surface area contributed by atoms with Gasteiger partial charge in [-0.25, -0.2) is 0 Å². The average molecular weight is 263 g/mol. The molecule has 19 heavy (non-hydrogen) atoms. The molecule has 1 atom stereocenters. The molecule has 0 saturated carbocycles. The van der Waals surface area contributed by atoms with E-state index in [1.54, 1.807) is 7.11 Å². The highest BCUT2D eigenvalue weighted by Crippen LogP contribution is 2.36. The number of aliphatic hydroxyl groups is 1. The maximum Gasteiger partial charge on any atom is 0.0674 e. The van der Waals surface area contributed by atoms with E-state index >= 15 is 0 Å². The average Bonchev–Trinajstić information content (AvgIpc) is 2.83. The number of rotatable bonds is 8. The number of ether oxygens (including phenoxy) is 1. The maximum atomic E-state index is 9.82. The van der Waals surface area contributed by atoms with Crippen LogP contribution in [0.2, 0.25) is 0 Å². The van der Waals surface area contributed by atoms with Crippen LogP contribution in [0.25, 0.3) is 0 Å². The standard InChI is InChI=1S/C16H25NO2/c1-19-12-6-2-5-11-17-16(13-18)10-9-14-7-3-4-8-15(14)16/h3-4,7-8,17-18H,2,5-6,9-13H2,1H3. The molecule has 106 valence electrons. The lowest BCUT2D eigenvalue weighted by molar-refractivity contribution is 0.158. The molecule has 0 aliphatic heterocycles. The van der Waals surface area contributed by atoms with E-state index in [4.69, 9.17) is 4.74 Å². The van der Waals surface area contributed by atoms with Gasteiger partial charge in [-0.05, 0) is 49.8 Å². The molecule has 3 nitrogen and oxygen atoms in total. The van der Waals surface area contributed by atoms with E-state index in [2.05, 4.69) is 29.6 Å². The van der Waals surface area contributed by atoms with Gasteiger partial charge < -0.3 is 15.2 Å². The van der Waals surface area contributed by atoms with E-state index in [1.165, 1.54) is 17.5 Å². The van der Waals surface area contributed by atoms with Crippen LogP contribution in [0.1, 0.15) is 36.8 Å². The Morgan fingerprint density at radius 2 is 2.11 bits per heavy atom. The Labute approximate surface area is 116 Å². The molecule has 1 unspecified atom stereocenters. The summed E-state index contributed by atoms with van der Waals surface area (Å²) in [7, 11) is 1.74. The van der Waals surface area contributed by atoms with Crippen LogP contribution in [-0.2, 0) is 16.7 Å². The third-order valence-electron chi connectivity index (χ3n) is 4.11. The van der Waals surface area contributed by atoms with Crippen LogP contribution in [0, 0.1) is 0 Å². The predicted octanol–water partition coefficient (Wildman–Crippen LogP) is 2.23. The van der Waals surface area contributed by atoms with Crippen molar-refractivity contribution in [3.63, 3.8) is 0 Å². The molecule has 3 heteroatoms. The summed E-state index contributed by atoms with van der Waals surface area (Å²) in [5.74, 6) is 0. The summed E-state index contributed by atoms with van der Waals surface area (Å²) in [5.41, 5.74) is 2.45. The normalized spacial score (nSPS) is 21.6. The molecule has 0 spiro atoms. The van der Waals surface area contributed by atoms with E-state index in [9.17, 15) is 5.11 Å². The third-order valence-corrected chi connectivity index (χ3v) is 4.11. The first-order valence-corrected chi connectivity index (χ1v) is 7.25. The molecule has 0 amide bonds. The van der Waals surface area contributed by atoms with Gasteiger partial charge in [-0.15, -0.1) is 0 Å². The molecule has 2 N–H and O–H groups in total. The van der Waals surface area contributed by atoms with Crippen molar-refractivity contribution in [2.45, 2.75) is 37.6 Å². The maximum absolute atomic E-state index is 9.82.